The van der Waals surface area contributed by atoms with Crippen molar-refractivity contribution in [3.63, 3.8) is 0 Å². The van der Waals surface area contributed by atoms with Gasteiger partial charge in [0.05, 0.1) is 0 Å². The lowest BCUT2D eigenvalue weighted by molar-refractivity contribution is -0.139. The van der Waals surface area contributed by atoms with Crippen LogP contribution in [0.2, 0.25) is 0 Å². The monoisotopic (exact) mass is 387 g/mol. The third-order valence-corrected chi connectivity index (χ3v) is 4.11. The average molecular weight is 387 g/mol. The quantitative estimate of drug-likeness (QED) is 0.275. The first-order valence-corrected chi connectivity index (χ1v) is 9.32. The van der Waals surface area contributed by atoms with Crippen LogP contribution >= 0.6 is 0 Å². The summed E-state index contributed by atoms with van der Waals surface area (Å²) < 4.78 is 0. The zero-order chi connectivity index (χ0) is 21.0. The fraction of sp³-hybridized carbons (Fsp3) is 0.778. The number of nitrogens with two attached hydrogens (primary N) is 1. The molecule has 0 aromatic carbocycles. The summed E-state index contributed by atoms with van der Waals surface area (Å²) >= 11 is 0. The van der Waals surface area contributed by atoms with E-state index in [1.807, 2.05) is 13.8 Å². The molecule has 2 amide bonds. The molecule has 0 rings (SSSR count). The summed E-state index contributed by atoms with van der Waals surface area (Å²) in [5.41, 5.74) is 5.40. The number of hydrogen-bond acceptors (Lipinski definition) is 5. The molecule has 0 saturated heterocycles. The van der Waals surface area contributed by atoms with Crippen molar-refractivity contribution in [1.29, 1.82) is 0 Å². The number of nitrogens with one attached hydrogen (secondary N) is 2. The van der Waals surface area contributed by atoms with Crippen LogP contribution in [0.5, 0.6) is 0 Å². The second kappa shape index (κ2) is 13.1. The Morgan fingerprint density at radius 1 is 0.963 bits per heavy atom. The van der Waals surface area contributed by atoms with Crippen LogP contribution in [0.3, 0.4) is 0 Å². The van der Waals surface area contributed by atoms with E-state index in [0.717, 1.165) is 0 Å². The second-order valence-corrected chi connectivity index (χ2v) is 7.26. The van der Waals surface area contributed by atoms with Gasteiger partial charge in [-0.25, -0.2) is 0 Å². The molecule has 156 valence electrons. The maximum atomic E-state index is 12.3. The van der Waals surface area contributed by atoms with Gasteiger partial charge in [-0.3, -0.25) is 19.2 Å². The molecule has 9 nitrogen and oxygen atoms in total. The van der Waals surface area contributed by atoms with Gasteiger partial charge in [0, 0.05) is 18.9 Å². The number of carboxylic acids is 2. The molecule has 9 heteroatoms. The van der Waals surface area contributed by atoms with Crippen molar-refractivity contribution in [1.82, 2.24) is 10.6 Å². The van der Waals surface area contributed by atoms with Gasteiger partial charge in [-0.2, -0.15) is 0 Å². The Hall–Kier alpha value is -2.16. The Kier molecular flexibility index (Phi) is 12.0. The Morgan fingerprint density at radius 2 is 1.59 bits per heavy atom. The maximum absolute atomic E-state index is 12.3. The molecule has 0 bridgehead atoms. The lowest BCUT2D eigenvalue weighted by atomic mass is 9.97. The highest BCUT2D eigenvalue weighted by molar-refractivity contribution is 5.88. The zero-order valence-corrected chi connectivity index (χ0v) is 16.4. The molecule has 0 heterocycles. The number of carbonyl (C=O) groups excluding carboxylic acids is 2. The van der Waals surface area contributed by atoms with E-state index in [4.69, 9.17) is 15.9 Å². The van der Waals surface area contributed by atoms with Crippen LogP contribution in [0.1, 0.15) is 59.3 Å². The van der Waals surface area contributed by atoms with Gasteiger partial charge in [0.2, 0.25) is 11.8 Å². The van der Waals surface area contributed by atoms with Gasteiger partial charge >= 0.3 is 11.9 Å². The predicted octanol–water partition coefficient (Wildman–Crippen LogP) is 0.717. The Morgan fingerprint density at radius 3 is 2.11 bits per heavy atom. The number of carbonyl (C=O) groups is 4. The van der Waals surface area contributed by atoms with Gasteiger partial charge in [-0.1, -0.05) is 20.8 Å². The lowest BCUT2D eigenvalue weighted by Gasteiger charge is -2.21. The first-order chi connectivity index (χ1) is 12.5. The topological polar surface area (TPSA) is 159 Å². The molecule has 0 aliphatic heterocycles. The van der Waals surface area contributed by atoms with Crippen LogP contribution in [-0.4, -0.2) is 52.6 Å². The van der Waals surface area contributed by atoms with E-state index < -0.39 is 29.9 Å². The number of unbranched alkanes of at least 4 members (excludes halogenated alkanes) is 1. The molecule has 27 heavy (non-hydrogen) atoms. The lowest BCUT2D eigenvalue weighted by Crippen LogP contribution is -2.48. The van der Waals surface area contributed by atoms with Crippen molar-refractivity contribution in [2.45, 2.75) is 71.4 Å². The Labute approximate surface area is 160 Å². The number of carboxylic acid groups (broad SMARTS) is 2. The van der Waals surface area contributed by atoms with E-state index >= 15 is 0 Å². The zero-order valence-electron chi connectivity index (χ0n) is 16.4. The first-order valence-electron chi connectivity index (χ1n) is 9.32. The van der Waals surface area contributed by atoms with E-state index in [1.165, 1.54) is 0 Å². The molecule has 6 N–H and O–H groups in total. The number of amides is 2. The molecule has 0 spiro atoms. The van der Waals surface area contributed by atoms with Gasteiger partial charge in [0.25, 0.3) is 0 Å². The van der Waals surface area contributed by atoms with Crippen molar-refractivity contribution >= 4 is 23.8 Å². The number of rotatable bonds is 14. The van der Waals surface area contributed by atoms with Gasteiger partial charge < -0.3 is 26.6 Å². The summed E-state index contributed by atoms with van der Waals surface area (Å²) in [5, 5.41) is 22.8. The Bertz CT molecular complexity index is 509. The van der Waals surface area contributed by atoms with Crippen molar-refractivity contribution < 1.29 is 29.4 Å². The second-order valence-electron chi connectivity index (χ2n) is 7.26. The first kappa shape index (κ1) is 24.8. The highest BCUT2D eigenvalue weighted by Crippen LogP contribution is 2.12. The summed E-state index contributed by atoms with van der Waals surface area (Å²) in [7, 11) is 0. The molecular weight excluding hydrogens is 354 g/mol. The molecule has 3 atom stereocenters. The summed E-state index contributed by atoms with van der Waals surface area (Å²) in [6, 6.07) is -1.84. The normalized spacial score (nSPS) is 14.3. The largest absolute Gasteiger partial charge is 0.481 e. The molecule has 0 aromatic rings. The van der Waals surface area contributed by atoms with Crippen molar-refractivity contribution in [3.8, 4) is 0 Å². The standard InChI is InChI=1S/C18H33N3O6/c1-11(2)10-12(3)16(24)21-14(7-8-15(22)23)17(25)20-9-5-4-6-13(19)18(26)27/h11-14H,4-10,19H2,1-3H3,(H,20,25)(H,21,24)(H,22,23)(H,26,27). The highest BCUT2D eigenvalue weighted by Gasteiger charge is 2.24. The van der Waals surface area contributed by atoms with Crippen LogP contribution in [0.4, 0.5) is 0 Å². The minimum absolute atomic E-state index is 0.00515. The van der Waals surface area contributed by atoms with Crippen LogP contribution in [0.15, 0.2) is 0 Å². The third-order valence-electron chi connectivity index (χ3n) is 4.11. The van der Waals surface area contributed by atoms with Crippen LogP contribution < -0.4 is 16.4 Å². The molecule has 0 fully saturated rings. The summed E-state index contributed by atoms with van der Waals surface area (Å²) in [5.74, 6) is -2.77. The van der Waals surface area contributed by atoms with Crippen molar-refractivity contribution in [3.05, 3.63) is 0 Å². The van der Waals surface area contributed by atoms with Crippen LogP contribution in [-0.2, 0) is 19.2 Å². The fourth-order valence-electron chi connectivity index (χ4n) is 2.61. The minimum atomic E-state index is -1.06. The number of hydrogen-bond donors (Lipinski definition) is 5. The predicted molar refractivity (Wildman–Crippen MR) is 99.9 cm³/mol. The van der Waals surface area contributed by atoms with Crippen molar-refractivity contribution in [2.75, 3.05) is 6.54 Å². The van der Waals surface area contributed by atoms with Crippen LogP contribution in [0.25, 0.3) is 0 Å². The summed E-state index contributed by atoms with van der Waals surface area (Å²) in [4.78, 5) is 46.0. The summed E-state index contributed by atoms with van der Waals surface area (Å²) in [6.45, 7) is 6.06. The molecule has 0 radical (unpaired) electrons. The minimum Gasteiger partial charge on any atom is -0.481 e. The summed E-state index contributed by atoms with van der Waals surface area (Å²) in [6.07, 6.45) is 1.82. The van der Waals surface area contributed by atoms with Gasteiger partial charge in [-0.15, -0.1) is 0 Å². The molecule has 0 aliphatic rings. The molecule has 0 aromatic heterocycles. The van der Waals surface area contributed by atoms with Gasteiger partial charge in [0.15, 0.2) is 0 Å². The molecule has 0 saturated carbocycles. The average Bonchev–Trinajstić information content (AvgIpc) is 2.56. The highest BCUT2D eigenvalue weighted by atomic mass is 16.4. The van der Waals surface area contributed by atoms with Gasteiger partial charge in [-0.05, 0) is 38.0 Å². The fourth-order valence-corrected chi connectivity index (χ4v) is 2.61. The van der Waals surface area contributed by atoms with E-state index in [-0.39, 0.29) is 24.7 Å². The van der Waals surface area contributed by atoms with Crippen molar-refractivity contribution in [2.24, 2.45) is 17.6 Å². The van der Waals surface area contributed by atoms with Gasteiger partial charge in [0.1, 0.15) is 12.1 Å². The third kappa shape index (κ3) is 12.0. The smallest absolute Gasteiger partial charge is 0.320 e. The van der Waals surface area contributed by atoms with E-state index in [9.17, 15) is 19.2 Å². The molecule has 0 aliphatic carbocycles. The van der Waals surface area contributed by atoms with E-state index in [0.29, 0.717) is 38.1 Å². The molecular formula is C18H33N3O6. The maximum Gasteiger partial charge on any atom is 0.320 e. The SMILES string of the molecule is CC(C)CC(C)C(=O)NC(CCC(=O)O)C(=O)NCCCCC(N)C(=O)O. The number of aliphatic carboxylic acids is 2. The molecule has 3 unspecified atom stereocenters. The van der Waals surface area contributed by atoms with E-state index in [1.54, 1.807) is 6.92 Å². The van der Waals surface area contributed by atoms with E-state index in [2.05, 4.69) is 10.6 Å². The van der Waals surface area contributed by atoms with Crippen LogP contribution in [0, 0.1) is 11.8 Å². The Balaban J connectivity index is 4.51.